The summed E-state index contributed by atoms with van der Waals surface area (Å²) in [6.07, 6.45) is 1.82. The van der Waals surface area contributed by atoms with Crippen LogP contribution >= 0.6 is 11.3 Å². The van der Waals surface area contributed by atoms with Crippen LogP contribution in [0.15, 0.2) is 30.5 Å². The van der Waals surface area contributed by atoms with Gasteiger partial charge in [-0.05, 0) is 38.1 Å². The van der Waals surface area contributed by atoms with Gasteiger partial charge >= 0.3 is 5.97 Å². The number of carbonyl (C=O) groups excluding carboxylic acids is 1. The van der Waals surface area contributed by atoms with E-state index >= 15 is 0 Å². The number of carboxylic acids is 1. The average molecular weight is 329 g/mol. The number of aromatic amines is 1. The third-order valence-electron chi connectivity index (χ3n) is 3.54. The molecule has 0 bridgehead atoms. The Morgan fingerprint density at radius 1 is 1.35 bits per heavy atom. The summed E-state index contributed by atoms with van der Waals surface area (Å²) >= 11 is 1.09. The molecule has 118 valence electrons. The highest BCUT2D eigenvalue weighted by Gasteiger charge is 2.19. The Labute approximate surface area is 136 Å². The molecule has 0 fully saturated rings. The van der Waals surface area contributed by atoms with E-state index in [9.17, 15) is 9.59 Å². The van der Waals surface area contributed by atoms with Gasteiger partial charge in [-0.25, -0.2) is 9.78 Å². The fraction of sp³-hybridized carbons (Fsp3) is 0.188. The second-order valence-corrected chi connectivity index (χ2v) is 6.28. The Morgan fingerprint density at radius 3 is 2.83 bits per heavy atom. The Morgan fingerprint density at radius 2 is 2.13 bits per heavy atom. The molecule has 2 heterocycles. The quantitative estimate of drug-likeness (QED) is 0.685. The van der Waals surface area contributed by atoms with Crippen molar-refractivity contribution in [1.29, 1.82) is 0 Å². The molecular formula is C16H15N3O3S. The van der Waals surface area contributed by atoms with Gasteiger partial charge in [0.15, 0.2) is 0 Å². The molecule has 1 atom stereocenters. The molecule has 0 aliphatic carbocycles. The van der Waals surface area contributed by atoms with Crippen molar-refractivity contribution >= 4 is 34.1 Å². The third kappa shape index (κ3) is 2.95. The normalized spacial score (nSPS) is 12.3. The lowest BCUT2D eigenvalue weighted by Gasteiger charge is -2.11. The third-order valence-corrected chi connectivity index (χ3v) is 4.87. The molecule has 0 radical (unpaired) electrons. The number of fused-ring (bicyclic) bond motifs is 1. The minimum absolute atomic E-state index is 0.204. The highest BCUT2D eigenvalue weighted by molar-refractivity contribution is 7.13. The first-order valence-corrected chi connectivity index (χ1v) is 7.86. The lowest BCUT2D eigenvalue weighted by molar-refractivity contribution is 0.0701. The second-order valence-electron chi connectivity index (χ2n) is 5.25. The molecule has 0 saturated carbocycles. The summed E-state index contributed by atoms with van der Waals surface area (Å²) in [5.41, 5.74) is 1.99. The van der Waals surface area contributed by atoms with Gasteiger partial charge in [-0.15, -0.1) is 11.3 Å². The van der Waals surface area contributed by atoms with Crippen LogP contribution in [0.25, 0.3) is 10.9 Å². The summed E-state index contributed by atoms with van der Waals surface area (Å²) in [4.78, 5) is 31.0. The predicted octanol–water partition coefficient (Wildman–Crippen LogP) is 3.12. The Bertz CT molecular complexity index is 897. The fourth-order valence-corrected chi connectivity index (χ4v) is 3.25. The summed E-state index contributed by atoms with van der Waals surface area (Å²) in [6, 6.07) is 6.95. The Hall–Kier alpha value is -2.67. The van der Waals surface area contributed by atoms with Gasteiger partial charge in [0.25, 0.3) is 5.91 Å². The number of aromatic carboxylic acids is 1. The van der Waals surface area contributed by atoms with Crippen LogP contribution < -0.4 is 5.32 Å². The number of nitrogens with zero attached hydrogens (tertiary/aromatic N) is 1. The number of hydrogen-bond acceptors (Lipinski definition) is 4. The van der Waals surface area contributed by atoms with Crippen molar-refractivity contribution in [2.45, 2.75) is 19.9 Å². The zero-order chi connectivity index (χ0) is 16.6. The van der Waals surface area contributed by atoms with Gasteiger partial charge in [0.05, 0.1) is 11.7 Å². The van der Waals surface area contributed by atoms with E-state index in [1.807, 2.05) is 24.4 Å². The zero-order valence-corrected chi connectivity index (χ0v) is 13.4. The minimum atomic E-state index is -0.998. The van der Waals surface area contributed by atoms with Gasteiger partial charge in [0.2, 0.25) is 0 Å². The first kappa shape index (κ1) is 15.2. The van der Waals surface area contributed by atoms with Crippen LogP contribution in [0, 0.1) is 6.92 Å². The van der Waals surface area contributed by atoms with Crippen molar-refractivity contribution in [1.82, 2.24) is 15.3 Å². The molecule has 1 unspecified atom stereocenters. The predicted molar refractivity (Wildman–Crippen MR) is 88.0 cm³/mol. The molecule has 2 aromatic heterocycles. The minimum Gasteiger partial charge on any atom is -0.477 e. The van der Waals surface area contributed by atoms with Crippen LogP contribution in [0.1, 0.15) is 43.7 Å². The summed E-state index contributed by atoms with van der Waals surface area (Å²) in [7, 11) is 0. The number of hydrogen-bond donors (Lipinski definition) is 3. The van der Waals surface area contributed by atoms with E-state index in [1.165, 1.54) is 0 Å². The number of H-pyrrole nitrogens is 1. The summed E-state index contributed by atoms with van der Waals surface area (Å²) in [6.45, 7) is 3.44. The maximum absolute atomic E-state index is 12.4. The van der Waals surface area contributed by atoms with Crippen molar-refractivity contribution in [3.05, 3.63) is 51.6 Å². The van der Waals surface area contributed by atoms with Crippen LogP contribution in [-0.4, -0.2) is 27.0 Å². The summed E-state index contributed by atoms with van der Waals surface area (Å²) in [5.74, 6) is -1.21. The number of benzene rings is 1. The van der Waals surface area contributed by atoms with E-state index < -0.39 is 5.97 Å². The highest BCUT2D eigenvalue weighted by atomic mass is 32.1. The monoisotopic (exact) mass is 329 g/mol. The van der Waals surface area contributed by atoms with E-state index in [0.29, 0.717) is 16.3 Å². The standard InChI is InChI=1S/C16H15N3O3S/c1-8-13(16(21)22)23-15(19-8)9(2)18-14(20)11-3-4-12-10(7-11)5-6-17-12/h3-7,9,17H,1-2H3,(H,18,20)(H,21,22). The molecule has 0 aliphatic heterocycles. The van der Waals surface area contributed by atoms with Crippen LogP contribution in [0.3, 0.4) is 0 Å². The highest BCUT2D eigenvalue weighted by Crippen LogP contribution is 2.24. The largest absolute Gasteiger partial charge is 0.477 e. The van der Waals surface area contributed by atoms with E-state index in [1.54, 1.807) is 19.9 Å². The van der Waals surface area contributed by atoms with Gasteiger partial charge in [0, 0.05) is 22.7 Å². The fourth-order valence-electron chi connectivity index (χ4n) is 2.34. The van der Waals surface area contributed by atoms with E-state index in [2.05, 4.69) is 15.3 Å². The maximum Gasteiger partial charge on any atom is 0.347 e. The SMILES string of the molecule is Cc1nc(C(C)NC(=O)c2ccc3[nH]ccc3c2)sc1C(=O)O. The average Bonchev–Trinajstić information content (AvgIpc) is 3.12. The van der Waals surface area contributed by atoms with Crippen LogP contribution in [0.4, 0.5) is 0 Å². The number of carboxylic acid groups (broad SMARTS) is 1. The summed E-state index contributed by atoms with van der Waals surface area (Å²) in [5, 5.41) is 13.5. The number of nitrogens with one attached hydrogen (secondary N) is 2. The van der Waals surface area contributed by atoms with Gasteiger partial charge < -0.3 is 15.4 Å². The number of aromatic nitrogens is 2. The molecule has 0 saturated heterocycles. The van der Waals surface area contributed by atoms with Gasteiger partial charge in [-0.3, -0.25) is 4.79 Å². The summed E-state index contributed by atoms with van der Waals surface area (Å²) < 4.78 is 0. The molecular weight excluding hydrogens is 314 g/mol. The number of thiazole rings is 1. The molecule has 3 aromatic rings. The molecule has 6 nitrogen and oxygen atoms in total. The first-order valence-electron chi connectivity index (χ1n) is 7.04. The molecule has 0 spiro atoms. The van der Waals surface area contributed by atoms with Crippen molar-refractivity contribution in [2.24, 2.45) is 0 Å². The van der Waals surface area contributed by atoms with E-state index in [-0.39, 0.29) is 16.8 Å². The lowest BCUT2D eigenvalue weighted by Crippen LogP contribution is -2.26. The van der Waals surface area contributed by atoms with E-state index in [0.717, 1.165) is 22.2 Å². The molecule has 1 amide bonds. The molecule has 3 rings (SSSR count). The Balaban J connectivity index is 1.78. The zero-order valence-electron chi connectivity index (χ0n) is 12.6. The van der Waals surface area contributed by atoms with Gasteiger partial charge in [-0.2, -0.15) is 0 Å². The Kier molecular flexibility index (Phi) is 3.87. The van der Waals surface area contributed by atoms with Crippen LogP contribution in [0.2, 0.25) is 0 Å². The van der Waals surface area contributed by atoms with Crippen molar-refractivity contribution in [3.8, 4) is 0 Å². The number of rotatable bonds is 4. The lowest BCUT2D eigenvalue weighted by atomic mass is 10.1. The van der Waals surface area contributed by atoms with Gasteiger partial charge in [-0.1, -0.05) is 0 Å². The van der Waals surface area contributed by atoms with Crippen molar-refractivity contribution in [2.75, 3.05) is 0 Å². The number of amides is 1. The number of carbonyl (C=O) groups is 2. The molecule has 3 N–H and O–H groups in total. The second kappa shape index (κ2) is 5.85. The number of aryl methyl sites for hydroxylation is 1. The molecule has 0 aliphatic rings. The van der Waals surface area contributed by atoms with Gasteiger partial charge in [0.1, 0.15) is 9.88 Å². The maximum atomic E-state index is 12.4. The molecule has 23 heavy (non-hydrogen) atoms. The smallest absolute Gasteiger partial charge is 0.347 e. The first-order chi connectivity index (χ1) is 11.0. The molecule has 1 aromatic carbocycles. The van der Waals surface area contributed by atoms with Crippen LogP contribution in [0.5, 0.6) is 0 Å². The van der Waals surface area contributed by atoms with Crippen molar-refractivity contribution < 1.29 is 14.7 Å². The van der Waals surface area contributed by atoms with E-state index in [4.69, 9.17) is 5.11 Å². The topological polar surface area (TPSA) is 95.1 Å². The van der Waals surface area contributed by atoms with Crippen LogP contribution in [-0.2, 0) is 0 Å². The van der Waals surface area contributed by atoms with Crippen molar-refractivity contribution in [3.63, 3.8) is 0 Å². The molecule has 7 heteroatoms.